The Morgan fingerprint density at radius 2 is 0.673 bits per heavy atom. The molecule has 49 heavy (non-hydrogen) atoms. The predicted octanol–water partition coefficient (Wildman–Crippen LogP) is 9.59. The molecular formula is C42H27N7. The minimum absolute atomic E-state index is 0.857. The largest absolute Gasteiger partial charge is 0.309 e. The highest BCUT2D eigenvalue weighted by Crippen LogP contribution is 2.38. The Labute approximate surface area is 280 Å². The lowest BCUT2D eigenvalue weighted by Gasteiger charge is -2.08. The molecule has 230 valence electrons. The zero-order valence-electron chi connectivity index (χ0n) is 26.2. The smallest absolute Gasteiger partial charge is 0.114 e. The first-order chi connectivity index (χ1) is 24.2. The van der Waals surface area contributed by atoms with E-state index in [4.69, 9.17) is 20.4 Å². The standard InChI is InChI=1S/C42H27N7/c1-4-10-32(11-5-1)47-41-22-18-28(30-16-20-37-39(26-30)45-48(43-37)33-12-6-2-7-13-33)24-35(41)36-25-29(19-23-42(36)47)31-17-21-38-40(27-31)46-49(44-38)34-14-8-3-9-15-34/h1-27H. The molecule has 0 aliphatic carbocycles. The fourth-order valence-corrected chi connectivity index (χ4v) is 6.78. The van der Waals surface area contributed by atoms with Crippen molar-refractivity contribution >= 4 is 43.9 Å². The van der Waals surface area contributed by atoms with Gasteiger partial charge in [0.25, 0.3) is 0 Å². The Balaban J connectivity index is 1.11. The molecule has 0 saturated heterocycles. The molecular weight excluding hydrogens is 603 g/mol. The summed E-state index contributed by atoms with van der Waals surface area (Å²) >= 11 is 0. The van der Waals surface area contributed by atoms with Crippen LogP contribution in [0.3, 0.4) is 0 Å². The summed E-state index contributed by atoms with van der Waals surface area (Å²) in [6, 6.07) is 56.7. The van der Waals surface area contributed by atoms with Gasteiger partial charge in [0.2, 0.25) is 0 Å². The highest BCUT2D eigenvalue weighted by Gasteiger charge is 2.16. The van der Waals surface area contributed by atoms with E-state index >= 15 is 0 Å². The van der Waals surface area contributed by atoms with Crippen LogP contribution in [0.15, 0.2) is 164 Å². The lowest BCUT2D eigenvalue weighted by atomic mass is 10.00. The van der Waals surface area contributed by atoms with Crippen molar-refractivity contribution in [1.82, 2.24) is 34.6 Å². The minimum atomic E-state index is 0.857. The molecule has 0 fully saturated rings. The number of nitrogens with zero attached hydrogens (tertiary/aromatic N) is 7. The van der Waals surface area contributed by atoms with E-state index in [1.54, 1.807) is 9.59 Å². The molecule has 0 bridgehead atoms. The summed E-state index contributed by atoms with van der Waals surface area (Å²) in [5, 5.41) is 21.4. The van der Waals surface area contributed by atoms with Crippen molar-refractivity contribution in [1.29, 1.82) is 0 Å². The first-order valence-electron chi connectivity index (χ1n) is 16.2. The van der Waals surface area contributed by atoms with Crippen LogP contribution in [0.5, 0.6) is 0 Å². The summed E-state index contributed by atoms with van der Waals surface area (Å²) in [5.41, 5.74) is 13.2. The SMILES string of the molecule is c1ccc(-n2nc3ccc(-c4ccc5c(c4)c4cc(-c6ccc7nn(-c8ccccc8)nc7c6)ccc4n5-c4ccccc4)cc3n2)cc1. The fraction of sp³-hybridized carbons (Fsp3) is 0. The molecule has 0 atom stereocenters. The number of fused-ring (bicyclic) bond motifs is 5. The number of hydrogen-bond acceptors (Lipinski definition) is 4. The summed E-state index contributed by atoms with van der Waals surface area (Å²) in [7, 11) is 0. The second-order valence-corrected chi connectivity index (χ2v) is 12.2. The molecule has 10 aromatic rings. The predicted molar refractivity (Wildman–Crippen MR) is 196 cm³/mol. The zero-order chi connectivity index (χ0) is 32.3. The molecule has 10 rings (SSSR count). The maximum absolute atomic E-state index is 4.80. The van der Waals surface area contributed by atoms with Gasteiger partial charge in [0.15, 0.2) is 0 Å². The number of para-hydroxylation sites is 3. The van der Waals surface area contributed by atoms with Crippen molar-refractivity contribution in [3.05, 3.63) is 164 Å². The number of hydrogen-bond donors (Lipinski definition) is 0. The fourth-order valence-electron chi connectivity index (χ4n) is 6.78. The van der Waals surface area contributed by atoms with Gasteiger partial charge in [0.05, 0.1) is 22.4 Å². The first-order valence-corrected chi connectivity index (χ1v) is 16.2. The van der Waals surface area contributed by atoms with Crippen molar-refractivity contribution in [2.24, 2.45) is 0 Å². The van der Waals surface area contributed by atoms with Crippen LogP contribution in [0.4, 0.5) is 0 Å². The lowest BCUT2D eigenvalue weighted by molar-refractivity contribution is 0.766. The number of benzene rings is 7. The quantitative estimate of drug-likeness (QED) is 0.190. The maximum Gasteiger partial charge on any atom is 0.114 e. The third-order valence-electron chi connectivity index (χ3n) is 9.18. The molecule has 0 N–H and O–H groups in total. The second kappa shape index (κ2) is 10.9. The molecule has 0 saturated carbocycles. The van der Waals surface area contributed by atoms with Gasteiger partial charge in [-0.15, -0.1) is 20.4 Å². The van der Waals surface area contributed by atoms with E-state index in [0.717, 1.165) is 72.4 Å². The highest BCUT2D eigenvalue weighted by atomic mass is 15.5. The zero-order valence-corrected chi connectivity index (χ0v) is 26.2. The van der Waals surface area contributed by atoms with Crippen LogP contribution in [0.25, 0.3) is 83.2 Å². The molecule has 0 unspecified atom stereocenters. The summed E-state index contributed by atoms with van der Waals surface area (Å²) in [6.07, 6.45) is 0. The monoisotopic (exact) mass is 629 g/mol. The van der Waals surface area contributed by atoms with E-state index in [-0.39, 0.29) is 0 Å². The van der Waals surface area contributed by atoms with Crippen molar-refractivity contribution in [3.63, 3.8) is 0 Å². The Bertz CT molecular complexity index is 2640. The van der Waals surface area contributed by atoms with Gasteiger partial charge in [-0.05, 0) is 107 Å². The number of rotatable bonds is 5. The second-order valence-electron chi connectivity index (χ2n) is 12.2. The third kappa shape index (κ3) is 4.59. The third-order valence-corrected chi connectivity index (χ3v) is 9.18. The molecule has 7 aromatic carbocycles. The first kappa shape index (κ1) is 27.3. The van der Waals surface area contributed by atoms with Crippen LogP contribution in [0.2, 0.25) is 0 Å². The average Bonchev–Trinajstić information content (AvgIpc) is 3.89. The molecule has 0 amide bonds. The van der Waals surface area contributed by atoms with E-state index in [1.165, 1.54) is 10.8 Å². The molecule has 7 nitrogen and oxygen atoms in total. The Morgan fingerprint density at radius 1 is 0.306 bits per heavy atom. The van der Waals surface area contributed by atoms with Gasteiger partial charge in [-0.1, -0.05) is 78.9 Å². The molecule has 0 radical (unpaired) electrons. The van der Waals surface area contributed by atoms with Crippen molar-refractivity contribution < 1.29 is 0 Å². The van der Waals surface area contributed by atoms with Crippen LogP contribution in [0, 0.1) is 0 Å². The van der Waals surface area contributed by atoms with Gasteiger partial charge in [-0.3, -0.25) is 0 Å². The van der Waals surface area contributed by atoms with E-state index in [9.17, 15) is 0 Å². The topological polar surface area (TPSA) is 66.3 Å². The van der Waals surface area contributed by atoms with Crippen molar-refractivity contribution in [2.75, 3.05) is 0 Å². The lowest BCUT2D eigenvalue weighted by Crippen LogP contribution is -1.97. The minimum Gasteiger partial charge on any atom is -0.309 e. The average molecular weight is 630 g/mol. The number of aromatic nitrogens is 7. The normalized spacial score (nSPS) is 11.7. The van der Waals surface area contributed by atoms with Crippen LogP contribution in [0.1, 0.15) is 0 Å². The van der Waals surface area contributed by atoms with Gasteiger partial charge in [0, 0.05) is 16.5 Å². The summed E-state index contributed by atoms with van der Waals surface area (Å²) in [5.74, 6) is 0. The summed E-state index contributed by atoms with van der Waals surface area (Å²) < 4.78 is 2.35. The summed E-state index contributed by atoms with van der Waals surface area (Å²) in [4.78, 5) is 3.40. The molecule has 7 heteroatoms. The maximum atomic E-state index is 4.80. The van der Waals surface area contributed by atoms with E-state index in [2.05, 4.69) is 108 Å². The van der Waals surface area contributed by atoms with Crippen LogP contribution >= 0.6 is 0 Å². The Morgan fingerprint density at radius 3 is 1.12 bits per heavy atom. The van der Waals surface area contributed by atoms with Crippen molar-refractivity contribution in [3.8, 4) is 39.3 Å². The van der Waals surface area contributed by atoms with Crippen molar-refractivity contribution in [2.45, 2.75) is 0 Å². The van der Waals surface area contributed by atoms with Gasteiger partial charge in [0.1, 0.15) is 22.1 Å². The summed E-state index contributed by atoms with van der Waals surface area (Å²) in [6.45, 7) is 0. The van der Waals surface area contributed by atoms with E-state index in [0.29, 0.717) is 0 Å². The van der Waals surface area contributed by atoms with Crippen LogP contribution < -0.4 is 0 Å². The van der Waals surface area contributed by atoms with E-state index in [1.807, 2.05) is 60.7 Å². The van der Waals surface area contributed by atoms with E-state index < -0.39 is 0 Å². The van der Waals surface area contributed by atoms with Gasteiger partial charge < -0.3 is 4.57 Å². The molecule has 3 aromatic heterocycles. The van der Waals surface area contributed by atoms with Gasteiger partial charge in [-0.2, -0.15) is 9.59 Å². The Hall–Kier alpha value is -6.86. The highest BCUT2D eigenvalue weighted by molar-refractivity contribution is 6.11. The van der Waals surface area contributed by atoms with Crippen LogP contribution in [-0.2, 0) is 0 Å². The molecule has 0 spiro atoms. The Kier molecular flexibility index (Phi) is 6.04. The van der Waals surface area contributed by atoms with Crippen LogP contribution in [-0.4, -0.2) is 34.6 Å². The molecule has 0 aliphatic heterocycles. The van der Waals surface area contributed by atoms with Gasteiger partial charge in [-0.25, -0.2) is 0 Å². The van der Waals surface area contributed by atoms with Gasteiger partial charge >= 0.3 is 0 Å². The molecule has 0 aliphatic rings. The molecule has 3 heterocycles.